The van der Waals surface area contributed by atoms with Crippen molar-refractivity contribution in [3.8, 4) is 0 Å². The van der Waals surface area contributed by atoms with E-state index in [0.717, 1.165) is 11.8 Å². The summed E-state index contributed by atoms with van der Waals surface area (Å²) in [6, 6.07) is 16.4. The Morgan fingerprint density at radius 3 is 1.65 bits per heavy atom. The van der Waals surface area contributed by atoms with Gasteiger partial charge in [-0.1, -0.05) is 18.2 Å². The molecular formula is C38H56O4Sn. The number of carbonyl (C=O) groups is 2. The SMILES string of the molecule is CCC[CH2][Sn]([CH2]CCC)([CH2]CCC)[c]1ccc(C(=O)OCC)cc1.CCOC(=O)c1ccc(C2=CCC3CCC2C3)cc1. The molecule has 0 heterocycles. The van der Waals surface area contributed by atoms with Crippen molar-refractivity contribution in [3.63, 3.8) is 0 Å². The van der Waals surface area contributed by atoms with Crippen molar-refractivity contribution in [2.45, 2.75) is 112 Å². The van der Waals surface area contributed by atoms with Crippen LogP contribution in [0.25, 0.3) is 5.57 Å². The summed E-state index contributed by atoms with van der Waals surface area (Å²) in [7, 11) is 0. The van der Waals surface area contributed by atoms with Crippen molar-refractivity contribution >= 4 is 39.5 Å². The molecule has 4 nitrogen and oxygen atoms in total. The molecule has 0 saturated heterocycles. The molecular weight excluding hydrogens is 639 g/mol. The molecule has 0 N–H and O–H groups in total. The molecule has 2 aliphatic rings. The second-order valence-electron chi connectivity index (χ2n) is 12.5. The van der Waals surface area contributed by atoms with E-state index in [2.05, 4.69) is 51.1 Å². The van der Waals surface area contributed by atoms with Crippen LogP contribution in [0, 0.1) is 11.8 Å². The molecule has 0 aromatic heterocycles. The minimum absolute atomic E-state index is 0.194. The van der Waals surface area contributed by atoms with Gasteiger partial charge in [-0.05, 0) is 67.7 Å². The second-order valence-corrected chi connectivity index (χ2v) is 25.7. The second kappa shape index (κ2) is 18.7. The monoisotopic (exact) mass is 696 g/mol. The zero-order chi connectivity index (χ0) is 31.1. The van der Waals surface area contributed by atoms with Gasteiger partial charge in [-0.2, -0.15) is 0 Å². The number of hydrogen-bond donors (Lipinski definition) is 0. The van der Waals surface area contributed by atoms with Gasteiger partial charge in [-0.3, -0.25) is 0 Å². The first-order valence-electron chi connectivity index (χ1n) is 17.2. The van der Waals surface area contributed by atoms with Crippen LogP contribution in [0.15, 0.2) is 54.6 Å². The van der Waals surface area contributed by atoms with Gasteiger partial charge >= 0.3 is 159 Å². The van der Waals surface area contributed by atoms with Crippen molar-refractivity contribution in [1.82, 2.24) is 0 Å². The fraction of sp³-hybridized carbons (Fsp3) is 0.579. The largest absolute Gasteiger partial charge is 0.462 e. The van der Waals surface area contributed by atoms with E-state index < -0.39 is 18.4 Å². The van der Waals surface area contributed by atoms with E-state index in [1.807, 2.05) is 38.1 Å². The number of esters is 2. The maximum atomic E-state index is 11.9. The Kier molecular flexibility index (Phi) is 15.4. The van der Waals surface area contributed by atoms with Gasteiger partial charge in [-0.25, -0.2) is 4.79 Å². The Morgan fingerprint density at radius 1 is 0.698 bits per heavy atom. The summed E-state index contributed by atoms with van der Waals surface area (Å²) in [5, 5.41) is 0. The van der Waals surface area contributed by atoms with Crippen molar-refractivity contribution in [1.29, 1.82) is 0 Å². The number of benzene rings is 2. The molecule has 2 aromatic rings. The van der Waals surface area contributed by atoms with Gasteiger partial charge in [0.2, 0.25) is 0 Å². The van der Waals surface area contributed by atoms with Crippen LogP contribution in [0.5, 0.6) is 0 Å². The zero-order valence-corrected chi connectivity index (χ0v) is 30.4. The summed E-state index contributed by atoms with van der Waals surface area (Å²) in [6.45, 7) is 11.5. The summed E-state index contributed by atoms with van der Waals surface area (Å²) in [4.78, 5) is 23.5. The van der Waals surface area contributed by atoms with Gasteiger partial charge in [0.1, 0.15) is 0 Å². The normalized spacial score (nSPS) is 17.5. The predicted octanol–water partition coefficient (Wildman–Crippen LogP) is 9.99. The van der Waals surface area contributed by atoms with Gasteiger partial charge < -0.3 is 4.74 Å². The van der Waals surface area contributed by atoms with Crippen molar-refractivity contribution in [3.05, 3.63) is 71.3 Å². The molecule has 1 fully saturated rings. The van der Waals surface area contributed by atoms with Gasteiger partial charge in [0.05, 0.1) is 12.2 Å². The van der Waals surface area contributed by atoms with Crippen LogP contribution in [0.3, 0.4) is 0 Å². The molecule has 0 radical (unpaired) electrons. The number of fused-ring (bicyclic) bond motifs is 2. The summed E-state index contributed by atoms with van der Waals surface area (Å²) < 4.78 is 16.1. The van der Waals surface area contributed by atoms with Crippen LogP contribution in [-0.4, -0.2) is 43.5 Å². The molecule has 2 unspecified atom stereocenters. The Morgan fingerprint density at radius 2 is 1.19 bits per heavy atom. The predicted molar refractivity (Wildman–Crippen MR) is 183 cm³/mol. The van der Waals surface area contributed by atoms with E-state index in [1.165, 1.54) is 88.7 Å². The molecule has 4 rings (SSSR count). The molecule has 236 valence electrons. The molecule has 0 spiro atoms. The molecule has 2 bridgehead atoms. The number of hydrogen-bond acceptors (Lipinski definition) is 4. The van der Waals surface area contributed by atoms with Gasteiger partial charge in [0.15, 0.2) is 0 Å². The number of allylic oxidation sites excluding steroid dienone is 2. The Hall–Kier alpha value is -2.08. The Balaban J connectivity index is 0.000000241. The van der Waals surface area contributed by atoms with Crippen LogP contribution in [-0.2, 0) is 9.47 Å². The molecule has 0 aliphatic heterocycles. The van der Waals surface area contributed by atoms with Crippen LogP contribution in [0.2, 0.25) is 13.3 Å². The van der Waals surface area contributed by atoms with Crippen LogP contribution in [0.1, 0.15) is 125 Å². The third-order valence-corrected chi connectivity index (χ3v) is 25.1. The number of carbonyl (C=O) groups excluding carboxylic acids is 2. The zero-order valence-electron chi connectivity index (χ0n) is 27.6. The fourth-order valence-corrected chi connectivity index (χ4v) is 22.9. The summed E-state index contributed by atoms with van der Waals surface area (Å²) in [6.07, 6.45) is 15.7. The third-order valence-electron chi connectivity index (χ3n) is 9.42. The smallest absolute Gasteiger partial charge is 0.338 e. The number of ether oxygens (including phenoxy) is 2. The maximum Gasteiger partial charge on any atom is 0.338 e. The first-order chi connectivity index (χ1) is 20.9. The molecule has 2 aliphatic carbocycles. The first-order valence-corrected chi connectivity index (χ1v) is 24.6. The average Bonchev–Trinajstić information content (AvgIpc) is 3.41. The minimum Gasteiger partial charge on any atom is -0.462 e. The molecule has 1 saturated carbocycles. The van der Waals surface area contributed by atoms with Gasteiger partial charge in [-0.15, -0.1) is 0 Å². The molecule has 0 amide bonds. The fourth-order valence-electron chi connectivity index (χ4n) is 6.93. The molecule has 5 heteroatoms. The van der Waals surface area contributed by atoms with Crippen LogP contribution >= 0.6 is 0 Å². The van der Waals surface area contributed by atoms with E-state index in [0.29, 0.717) is 24.3 Å². The first kappa shape index (κ1) is 35.4. The minimum atomic E-state index is -2.35. The quantitative estimate of drug-likeness (QED) is 0.138. The number of rotatable bonds is 15. The Bertz CT molecular complexity index is 1130. The van der Waals surface area contributed by atoms with Crippen LogP contribution < -0.4 is 3.58 Å². The Labute approximate surface area is 265 Å². The van der Waals surface area contributed by atoms with E-state index >= 15 is 0 Å². The van der Waals surface area contributed by atoms with Gasteiger partial charge in [0.25, 0.3) is 0 Å². The maximum absolute atomic E-state index is 11.9. The molecule has 2 aromatic carbocycles. The summed E-state index contributed by atoms with van der Waals surface area (Å²) in [5.41, 5.74) is 4.11. The van der Waals surface area contributed by atoms with Crippen LogP contribution in [0.4, 0.5) is 0 Å². The topological polar surface area (TPSA) is 52.6 Å². The van der Waals surface area contributed by atoms with E-state index in [-0.39, 0.29) is 11.9 Å². The van der Waals surface area contributed by atoms with Gasteiger partial charge in [0, 0.05) is 0 Å². The molecule has 2 atom stereocenters. The van der Waals surface area contributed by atoms with Crippen molar-refractivity contribution < 1.29 is 19.1 Å². The summed E-state index contributed by atoms with van der Waals surface area (Å²) >= 11 is -2.35. The van der Waals surface area contributed by atoms with E-state index in [9.17, 15) is 9.59 Å². The molecule has 43 heavy (non-hydrogen) atoms. The standard InChI is InChI=1S/C17H20O2.C9H9O2.3C4H9.Sn/c1-2-19-17(18)14-8-6-13(7-9-14)16-10-4-12-3-5-15(16)11-12;1-2-11-9(10)8-6-4-3-5-7-8;3*1-3-4-2;/h6-10,12,15H,2-5,11H2,1H3;4-7H,2H2,1H3;3*1,3-4H2,2H3;. The van der Waals surface area contributed by atoms with Crippen molar-refractivity contribution in [2.24, 2.45) is 11.8 Å². The average molecular weight is 696 g/mol. The van der Waals surface area contributed by atoms with E-state index in [1.54, 1.807) is 3.58 Å². The number of unbranched alkanes of at least 4 members (excludes halogenated alkanes) is 3. The summed E-state index contributed by atoms with van der Waals surface area (Å²) in [5.74, 6) is 1.24. The third kappa shape index (κ3) is 10.2. The van der Waals surface area contributed by atoms with E-state index in [4.69, 9.17) is 9.47 Å². The van der Waals surface area contributed by atoms with Crippen molar-refractivity contribution in [2.75, 3.05) is 13.2 Å².